The zero-order chi connectivity index (χ0) is 18.0. The van der Waals surface area contributed by atoms with E-state index in [0.29, 0.717) is 43.3 Å². The highest BCUT2D eigenvalue weighted by Crippen LogP contribution is 2.32. The molecule has 7 heteroatoms. The second-order valence-corrected chi connectivity index (χ2v) is 9.12. The monoisotopic (exact) mass is 365 g/mol. The average Bonchev–Trinajstić information content (AvgIpc) is 3.45. The van der Waals surface area contributed by atoms with Crippen LogP contribution in [0.2, 0.25) is 0 Å². The number of carbonyl (C=O) groups excluding carboxylic acids is 1. The van der Waals surface area contributed by atoms with Crippen LogP contribution in [-0.4, -0.2) is 44.3 Å². The second-order valence-electron chi connectivity index (χ2n) is 7.18. The third-order valence-corrected chi connectivity index (χ3v) is 7.17. The predicted molar refractivity (Wildman–Crippen MR) is 96.4 cm³/mol. The molecule has 1 aliphatic carbocycles. The molecule has 1 aromatic carbocycles. The van der Waals surface area contributed by atoms with E-state index < -0.39 is 10.0 Å². The molecule has 2 fully saturated rings. The van der Waals surface area contributed by atoms with Gasteiger partial charge in [-0.25, -0.2) is 8.42 Å². The van der Waals surface area contributed by atoms with Gasteiger partial charge < -0.3 is 11.1 Å². The van der Waals surface area contributed by atoms with Gasteiger partial charge in [-0.2, -0.15) is 4.31 Å². The van der Waals surface area contributed by atoms with Crippen LogP contribution < -0.4 is 11.1 Å². The van der Waals surface area contributed by atoms with E-state index in [0.717, 1.165) is 18.4 Å². The number of nitrogens with zero attached hydrogens (tertiary/aromatic N) is 1. The van der Waals surface area contributed by atoms with E-state index in [1.807, 2.05) is 6.92 Å². The Bertz CT molecular complexity index is 706. The third-order valence-electron chi connectivity index (χ3n) is 5.26. The zero-order valence-corrected chi connectivity index (χ0v) is 15.5. The summed E-state index contributed by atoms with van der Waals surface area (Å²) in [5.74, 6) is 0.419. The summed E-state index contributed by atoms with van der Waals surface area (Å²) in [4.78, 5) is 12.7. The number of aryl methyl sites for hydroxylation is 1. The van der Waals surface area contributed by atoms with Gasteiger partial charge in [-0.05, 0) is 50.7 Å². The van der Waals surface area contributed by atoms with Crippen molar-refractivity contribution in [2.75, 3.05) is 19.6 Å². The maximum atomic E-state index is 12.7. The Hall–Kier alpha value is -1.44. The summed E-state index contributed by atoms with van der Waals surface area (Å²) < 4.78 is 26.9. The quantitative estimate of drug-likeness (QED) is 0.793. The van der Waals surface area contributed by atoms with E-state index in [1.54, 1.807) is 24.3 Å². The number of piperidine rings is 1. The van der Waals surface area contributed by atoms with Crippen molar-refractivity contribution in [1.82, 2.24) is 9.62 Å². The third kappa shape index (κ3) is 4.22. The zero-order valence-electron chi connectivity index (χ0n) is 14.6. The van der Waals surface area contributed by atoms with Crippen molar-refractivity contribution in [2.45, 2.75) is 43.5 Å². The van der Waals surface area contributed by atoms with Gasteiger partial charge in [0.1, 0.15) is 0 Å². The van der Waals surface area contributed by atoms with Gasteiger partial charge in [0.25, 0.3) is 0 Å². The Kier molecular flexibility index (Phi) is 5.46. The smallest absolute Gasteiger partial charge is 0.243 e. The molecule has 0 bridgehead atoms. The highest BCUT2D eigenvalue weighted by molar-refractivity contribution is 7.89. The molecule has 25 heavy (non-hydrogen) atoms. The number of benzene rings is 1. The van der Waals surface area contributed by atoms with Crippen molar-refractivity contribution < 1.29 is 13.2 Å². The summed E-state index contributed by atoms with van der Waals surface area (Å²) in [6, 6.07) is 6.97. The van der Waals surface area contributed by atoms with Crippen molar-refractivity contribution in [3.8, 4) is 0 Å². The lowest BCUT2D eigenvalue weighted by Crippen LogP contribution is -2.47. The van der Waals surface area contributed by atoms with Crippen LogP contribution in [0.25, 0.3) is 0 Å². The lowest BCUT2D eigenvalue weighted by atomic mass is 9.96. The van der Waals surface area contributed by atoms with Crippen LogP contribution in [0.4, 0.5) is 0 Å². The summed E-state index contributed by atoms with van der Waals surface area (Å²) in [6.07, 6.45) is 3.38. The van der Waals surface area contributed by atoms with Gasteiger partial charge in [-0.15, -0.1) is 0 Å². The molecule has 3 N–H and O–H groups in total. The van der Waals surface area contributed by atoms with Crippen LogP contribution >= 0.6 is 0 Å². The van der Waals surface area contributed by atoms with Crippen LogP contribution in [0.15, 0.2) is 29.2 Å². The molecule has 0 radical (unpaired) electrons. The minimum Gasteiger partial charge on any atom is -0.352 e. The Morgan fingerprint density at radius 2 is 1.80 bits per heavy atom. The number of hydrogen-bond acceptors (Lipinski definition) is 4. The van der Waals surface area contributed by atoms with Gasteiger partial charge >= 0.3 is 0 Å². The molecule has 138 valence electrons. The summed E-state index contributed by atoms with van der Waals surface area (Å²) in [5.41, 5.74) is 6.77. The first-order chi connectivity index (χ1) is 11.9. The molecular weight excluding hydrogens is 338 g/mol. The predicted octanol–water partition coefficient (Wildman–Crippen LogP) is 1.25. The molecule has 1 aliphatic heterocycles. The lowest BCUT2D eigenvalue weighted by molar-refractivity contribution is -0.126. The normalized spacial score (nSPS) is 21.0. The minimum atomic E-state index is -3.48. The molecule has 1 aromatic rings. The van der Waals surface area contributed by atoms with Gasteiger partial charge in [0.2, 0.25) is 15.9 Å². The number of carbonyl (C=O) groups is 1. The van der Waals surface area contributed by atoms with Gasteiger partial charge in [0.05, 0.1) is 4.90 Å². The van der Waals surface area contributed by atoms with Crippen molar-refractivity contribution in [3.63, 3.8) is 0 Å². The Morgan fingerprint density at radius 3 is 2.32 bits per heavy atom. The summed E-state index contributed by atoms with van der Waals surface area (Å²) >= 11 is 0. The Morgan fingerprint density at radius 1 is 1.20 bits per heavy atom. The largest absolute Gasteiger partial charge is 0.352 e. The van der Waals surface area contributed by atoms with Crippen LogP contribution in [-0.2, 0) is 14.8 Å². The van der Waals surface area contributed by atoms with Gasteiger partial charge in [-0.3, -0.25) is 4.79 Å². The highest BCUT2D eigenvalue weighted by atomic mass is 32.2. The highest BCUT2D eigenvalue weighted by Gasteiger charge is 2.35. The lowest BCUT2D eigenvalue weighted by Gasteiger charge is -2.31. The van der Waals surface area contributed by atoms with Crippen molar-refractivity contribution in [2.24, 2.45) is 17.6 Å². The minimum absolute atomic E-state index is 0.0229. The fourth-order valence-corrected chi connectivity index (χ4v) is 4.86. The molecule has 3 rings (SSSR count). The molecule has 1 atom stereocenters. The fraction of sp³-hybridized carbons (Fsp3) is 0.611. The van der Waals surface area contributed by atoms with Crippen molar-refractivity contribution in [1.29, 1.82) is 0 Å². The first kappa shape index (κ1) is 18.4. The maximum absolute atomic E-state index is 12.7. The SMILES string of the molecule is Cc1ccc(S(=O)(=O)N2CCC(C(=O)NC(CN)C3CC3)CC2)cc1. The Labute approximate surface area is 149 Å². The number of hydrogen-bond donors (Lipinski definition) is 2. The molecular formula is C18H27N3O3S. The molecule has 1 amide bonds. The number of nitrogens with one attached hydrogen (secondary N) is 1. The molecule has 0 aromatic heterocycles. The average molecular weight is 365 g/mol. The molecule has 0 spiro atoms. The molecule has 1 unspecified atom stereocenters. The second kappa shape index (κ2) is 7.43. The summed E-state index contributed by atoms with van der Waals surface area (Å²) in [5, 5.41) is 3.06. The molecule has 1 saturated carbocycles. The molecule has 1 saturated heterocycles. The standard InChI is InChI=1S/C18H27N3O3S/c1-13-2-6-16(7-3-13)25(23,24)21-10-8-15(9-11-21)18(22)20-17(12-19)14-4-5-14/h2-3,6-7,14-15,17H,4-5,8-12,19H2,1H3,(H,20,22). The van der Waals surface area contributed by atoms with Gasteiger partial charge in [-0.1, -0.05) is 17.7 Å². The molecule has 1 heterocycles. The van der Waals surface area contributed by atoms with Crippen LogP contribution in [0.5, 0.6) is 0 Å². The van der Waals surface area contributed by atoms with E-state index in [2.05, 4.69) is 5.32 Å². The van der Waals surface area contributed by atoms with Crippen LogP contribution in [0.1, 0.15) is 31.2 Å². The van der Waals surface area contributed by atoms with Crippen molar-refractivity contribution >= 4 is 15.9 Å². The summed E-state index contributed by atoms with van der Waals surface area (Å²) in [6.45, 7) is 3.16. The summed E-state index contributed by atoms with van der Waals surface area (Å²) in [7, 11) is -3.48. The van der Waals surface area contributed by atoms with Crippen LogP contribution in [0, 0.1) is 18.8 Å². The molecule has 2 aliphatic rings. The number of amides is 1. The first-order valence-corrected chi connectivity index (χ1v) is 10.4. The van der Waals surface area contributed by atoms with E-state index >= 15 is 0 Å². The number of nitrogens with two attached hydrogens (primary N) is 1. The van der Waals surface area contributed by atoms with E-state index in [1.165, 1.54) is 4.31 Å². The van der Waals surface area contributed by atoms with Gasteiger partial charge in [0.15, 0.2) is 0 Å². The number of rotatable bonds is 6. The number of sulfonamides is 1. The first-order valence-electron chi connectivity index (χ1n) is 8.99. The van der Waals surface area contributed by atoms with Crippen molar-refractivity contribution in [3.05, 3.63) is 29.8 Å². The Balaban J connectivity index is 1.57. The molecule has 6 nitrogen and oxygen atoms in total. The topological polar surface area (TPSA) is 92.5 Å². The van der Waals surface area contributed by atoms with E-state index in [4.69, 9.17) is 5.73 Å². The fourth-order valence-electron chi connectivity index (χ4n) is 3.39. The van der Waals surface area contributed by atoms with E-state index in [9.17, 15) is 13.2 Å². The maximum Gasteiger partial charge on any atom is 0.243 e. The van der Waals surface area contributed by atoms with Gasteiger partial charge in [0, 0.05) is 31.6 Å². The van der Waals surface area contributed by atoms with E-state index in [-0.39, 0.29) is 17.9 Å². The van der Waals surface area contributed by atoms with Crippen LogP contribution in [0.3, 0.4) is 0 Å².